The average Bonchev–Trinajstić information content (AvgIpc) is 3.21. The second-order valence-corrected chi connectivity index (χ2v) is 9.14. The summed E-state index contributed by atoms with van der Waals surface area (Å²) in [5.41, 5.74) is 2.35. The van der Waals surface area contributed by atoms with Crippen molar-refractivity contribution >= 4 is 55.7 Å². The molecule has 10 heteroatoms. The Morgan fingerprint density at radius 1 is 1.15 bits per heavy atom. The van der Waals surface area contributed by atoms with Gasteiger partial charge in [0, 0.05) is 37.9 Å². The first-order valence-electron chi connectivity index (χ1n) is 10.5. The van der Waals surface area contributed by atoms with Crippen molar-refractivity contribution in [1.29, 1.82) is 0 Å². The Balaban J connectivity index is 1.33. The minimum absolute atomic E-state index is 0.355. The number of nitrogens with one attached hydrogen (secondary N) is 1. The monoisotopic (exact) mass is 484 g/mol. The van der Waals surface area contributed by atoms with E-state index in [2.05, 4.69) is 25.2 Å². The molecule has 0 radical (unpaired) electrons. The fraction of sp³-hybridized carbons (Fsp3) is 0.261. The second kappa shape index (κ2) is 9.56. The van der Waals surface area contributed by atoms with Crippen molar-refractivity contribution in [2.24, 2.45) is 0 Å². The number of pyridine rings is 2. The molecule has 0 unspecified atom stereocenters. The number of thiazole rings is 1. The highest BCUT2D eigenvalue weighted by Crippen LogP contribution is 2.31. The van der Waals surface area contributed by atoms with Gasteiger partial charge >= 0.3 is 0 Å². The molecule has 1 fully saturated rings. The zero-order valence-corrected chi connectivity index (χ0v) is 19.5. The summed E-state index contributed by atoms with van der Waals surface area (Å²) in [4.78, 5) is 18.5. The molecule has 4 heterocycles. The Morgan fingerprint density at radius 3 is 2.82 bits per heavy atom. The summed E-state index contributed by atoms with van der Waals surface area (Å²) in [7, 11) is 1.77. The van der Waals surface area contributed by atoms with Gasteiger partial charge in [0.2, 0.25) is 0 Å². The molecule has 170 valence electrons. The van der Waals surface area contributed by atoms with Gasteiger partial charge in [-0.3, -0.25) is 4.90 Å². The summed E-state index contributed by atoms with van der Waals surface area (Å²) in [5, 5.41) is 4.35. The number of hydrogen-bond acceptors (Lipinski definition) is 8. The first kappa shape index (κ1) is 22.0. The zero-order chi connectivity index (χ0) is 22.8. The molecule has 1 aliphatic rings. The Hall–Kier alpha value is -2.85. The van der Waals surface area contributed by atoms with Crippen molar-refractivity contribution in [3.63, 3.8) is 0 Å². The molecule has 0 spiro atoms. The van der Waals surface area contributed by atoms with E-state index in [-0.39, 0.29) is 0 Å². The van der Waals surface area contributed by atoms with Crippen molar-refractivity contribution < 1.29 is 9.13 Å². The molecule has 1 saturated heterocycles. The van der Waals surface area contributed by atoms with Crippen LogP contribution in [0, 0.1) is 5.82 Å². The summed E-state index contributed by atoms with van der Waals surface area (Å²) < 4.78 is 19.8. The van der Waals surface area contributed by atoms with Crippen LogP contribution in [0.2, 0.25) is 5.02 Å². The van der Waals surface area contributed by atoms with E-state index in [1.165, 1.54) is 23.0 Å². The van der Waals surface area contributed by atoms with E-state index in [9.17, 15) is 4.39 Å². The minimum atomic E-state index is -0.401. The van der Waals surface area contributed by atoms with Gasteiger partial charge < -0.3 is 15.0 Å². The number of ether oxygens (including phenoxy) is 1. The van der Waals surface area contributed by atoms with Crippen molar-refractivity contribution in [2.45, 2.75) is 6.54 Å². The number of benzene rings is 1. The van der Waals surface area contributed by atoms with Crippen molar-refractivity contribution in [2.75, 3.05) is 43.6 Å². The third kappa shape index (κ3) is 5.06. The van der Waals surface area contributed by atoms with Crippen LogP contribution >= 0.6 is 22.9 Å². The molecule has 0 atom stereocenters. The highest BCUT2D eigenvalue weighted by atomic mass is 35.5. The lowest BCUT2D eigenvalue weighted by Crippen LogP contribution is -2.35. The largest absolute Gasteiger partial charge is 0.379 e. The summed E-state index contributed by atoms with van der Waals surface area (Å²) >= 11 is 7.30. The van der Waals surface area contributed by atoms with Crippen LogP contribution in [0.3, 0.4) is 0 Å². The summed E-state index contributed by atoms with van der Waals surface area (Å²) in [6.07, 6.45) is 1.80. The van der Waals surface area contributed by atoms with E-state index in [4.69, 9.17) is 16.3 Å². The van der Waals surface area contributed by atoms with Gasteiger partial charge in [0.1, 0.15) is 27.8 Å². The number of morpholine rings is 1. The van der Waals surface area contributed by atoms with Crippen LogP contribution in [0.15, 0.2) is 48.7 Å². The minimum Gasteiger partial charge on any atom is -0.379 e. The lowest BCUT2D eigenvalue weighted by atomic mass is 10.2. The van der Waals surface area contributed by atoms with E-state index < -0.39 is 5.82 Å². The highest BCUT2D eigenvalue weighted by molar-refractivity contribution is 7.21. The van der Waals surface area contributed by atoms with Crippen molar-refractivity contribution in [3.05, 3.63) is 65.1 Å². The fourth-order valence-corrected chi connectivity index (χ4v) is 4.69. The number of hydrogen-bond donors (Lipinski definition) is 1. The third-order valence-electron chi connectivity index (χ3n) is 5.42. The first-order valence-corrected chi connectivity index (χ1v) is 11.7. The van der Waals surface area contributed by atoms with E-state index in [0.717, 1.165) is 49.0 Å². The van der Waals surface area contributed by atoms with Gasteiger partial charge in [0.05, 0.1) is 18.9 Å². The van der Waals surface area contributed by atoms with Crippen LogP contribution in [0.25, 0.3) is 10.3 Å². The van der Waals surface area contributed by atoms with Gasteiger partial charge in [-0.25, -0.2) is 19.3 Å². The summed E-state index contributed by atoms with van der Waals surface area (Å²) in [6, 6.07) is 12.4. The van der Waals surface area contributed by atoms with Crippen LogP contribution in [0.1, 0.15) is 5.56 Å². The molecule has 0 aliphatic carbocycles. The third-order valence-corrected chi connectivity index (χ3v) is 6.54. The van der Waals surface area contributed by atoms with E-state index >= 15 is 0 Å². The predicted molar refractivity (Wildman–Crippen MR) is 131 cm³/mol. The van der Waals surface area contributed by atoms with Gasteiger partial charge in [0.25, 0.3) is 0 Å². The van der Waals surface area contributed by atoms with Crippen LogP contribution in [-0.2, 0) is 11.3 Å². The first-order chi connectivity index (χ1) is 16.0. The number of aromatic nitrogens is 3. The quantitative estimate of drug-likeness (QED) is 0.402. The molecule has 1 aromatic carbocycles. The maximum atomic E-state index is 14.3. The highest BCUT2D eigenvalue weighted by Gasteiger charge is 2.14. The predicted octanol–water partition coefficient (Wildman–Crippen LogP) is 5.22. The molecule has 0 saturated carbocycles. The topological polar surface area (TPSA) is 66.4 Å². The molecule has 4 aromatic rings. The normalized spacial score (nSPS) is 14.5. The van der Waals surface area contributed by atoms with Crippen LogP contribution < -0.4 is 10.2 Å². The number of fused-ring (bicyclic) bond motifs is 1. The Kier molecular flexibility index (Phi) is 6.37. The van der Waals surface area contributed by atoms with Crippen molar-refractivity contribution in [3.8, 4) is 0 Å². The summed E-state index contributed by atoms with van der Waals surface area (Å²) in [6.45, 7) is 4.28. The molecule has 0 amide bonds. The molecule has 0 bridgehead atoms. The maximum Gasteiger partial charge on any atom is 0.190 e. The molecular weight excluding hydrogens is 463 g/mol. The number of nitrogens with zero attached hydrogens (tertiary/aromatic N) is 5. The van der Waals surface area contributed by atoms with Crippen LogP contribution in [-0.4, -0.2) is 53.2 Å². The molecule has 5 rings (SSSR count). The standard InChI is InChI=1S/C23H22ClFN6OS/c1-30(19-4-2-16(24)13-17(19)25)21-5-3-18-22(29-21)33-23(27-18)28-20-12-15(6-7-26-20)14-31-8-10-32-11-9-31/h2-7,12-13H,8-11,14H2,1H3,(H,26,27,28). The van der Waals surface area contributed by atoms with E-state index in [0.29, 0.717) is 21.7 Å². The SMILES string of the molecule is CN(c1ccc2nc(Nc3cc(CN4CCOCC4)ccn3)sc2n1)c1ccc(Cl)cc1F. The van der Waals surface area contributed by atoms with Gasteiger partial charge in [-0.05, 0) is 48.0 Å². The zero-order valence-electron chi connectivity index (χ0n) is 18.0. The summed E-state index contributed by atoms with van der Waals surface area (Å²) in [5.74, 6) is 0.951. The van der Waals surface area contributed by atoms with Crippen molar-refractivity contribution in [1.82, 2.24) is 19.9 Å². The number of rotatable bonds is 6. The molecule has 1 N–H and O–H groups in total. The second-order valence-electron chi connectivity index (χ2n) is 7.73. The van der Waals surface area contributed by atoms with Crippen LogP contribution in [0.5, 0.6) is 0 Å². The Labute approximate surface area is 199 Å². The maximum absolute atomic E-state index is 14.3. The fourth-order valence-electron chi connectivity index (χ4n) is 3.69. The van der Waals surface area contributed by atoms with Crippen LogP contribution in [0.4, 0.5) is 26.8 Å². The molecule has 3 aromatic heterocycles. The van der Waals surface area contributed by atoms with Gasteiger partial charge in [-0.1, -0.05) is 22.9 Å². The number of halogens is 2. The van der Waals surface area contributed by atoms with Gasteiger partial charge in [0.15, 0.2) is 5.13 Å². The average molecular weight is 485 g/mol. The number of anilines is 4. The lowest BCUT2D eigenvalue weighted by Gasteiger charge is -2.26. The smallest absolute Gasteiger partial charge is 0.190 e. The van der Waals surface area contributed by atoms with E-state index in [1.54, 1.807) is 30.3 Å². The van der Waals surface area contributed by atoms with Gasteiger partial charge in [-0.15, -0.1) is 0 Å². The van der Waals surface area contributed by atoms with Gasteiger partial charge in [-0.2, -0.15) is 0 Å². The molecule has 33 heavy (non-hydrogen) atoms. The molecule has 1 aliphatic heterocycles. The Morgan fingerprint density at radius 2 is 2.00 bits per heavy atom. The lowest BCUT2D eigenvalue weighted by molar-refractivity contribution is 0.0342. The molecule has 7 nitrogen and oxygen atoms in total. The van der Waals surface area contributed by atoms with E-state index in [1.807, 2.05) is 24.3 Å². The molecular formula is C23H22ClFN6OS. The Bertz CT molecular complexity index is 1280.